The molecule has 1 aliphatic rings. The molecule has 2 N–H and O–H groups in total. The van der Waals surface area contributed by atoms with Crippen molar-refractivity contribution in [2.24, 2.45) is 0 Å². The topological polar surface area (TPSA) is 40.5 Å². The molecule has 0 heterocycles. The first-order valence-corrected chi connectivity index (χ1v) is 11.6. The van der Waals surface area contributed by atoms with Crippen LogP contribution >= 0.6 is 0 Å². The first-order valence-electron chi connectivity index (χ1n) is 11.6. The summed E-state index contributed by atoms with van der Waals surface area (Å²) in [4.78, 5) is 0. The molecule has 2 heteroatoms. The van der Waals surface area contributed by atoms with E-state index in [2.05, 4.69) is 48.5 Å². The van der Waals surface area contributed by atoms with Gasteiger partial charge in [0.15, 0.2) is 0 Å². The van der Waals surface area contributed by atoms with Gasteiger partial charge in [-0.05, 0) is 95.3 Å². The van der Waals surface area contributed by atoms with Gasteiger partial charge in [-0.3, -0.25) is 0 Å². The second kappa shape index (κ2) is 8.99. The van der Waals surface area contributed by atoms with Crippen LogP contribution in [0.1, 0.15) is 47.4 Å². The fourth-order valence-corrected chi connectivity index (χ4v) is 4.98. The number of benzene rings is 4. The van der Waals surface area contributed by atoms with Crippen molar-refractivity contribution in [3.05, 3.63) is 119 Å². The van der Waals surface area contributed by atoms with E-state index < -0.39 is 0 Å². The van der Waals surface area contributed by atoms with Gasteiger partial charge in [0.25, 0.3) is 0 Å². The van der Waals surface area contributed by atoms with Crippen molar-refractivity contribution in [3.8, 4) is 22.6 Å². The van der Waals surface area contributed by atoms with Gasteiger partial charge >= 0.3 is 0 Å². The summed E-state index contributed by atoms with van der Waals surface area (Å²) in [5.74, 6) is 1.04. The van der Waals surface area contributed by atoms with Crippen molar-refractivity contribution >= 4 is 11.1 Å². The summed E-state index contributed by atoms with van der Waals surface area (Å²) in [7, 11) is 0. The first kappa shape index (κ1) is 21.1. The van der Waals surface area contributed by atoms with E-state index in [1.807, 2.05) is 49.4 Å². The number of hydrogen-bond acceptors (Lipinski definition) is 2. The third-order valence-electron chi connectivity index (χ3n) is 6.80. The van der Waals surface area contributed by atoms with Crippen molar-refractivity contribution in [2.75, 3.05) is 0 Å². The molecular formula is C31H28O2. The van der Waals surface area contributed by atoms with Gasteiger partial charge in [0.05, 0.1) is 0 Å². The minimum atomic E-state index is 0.319. The number of rotatable bonds is 4. The maximum absolute atomic E-state index is 10.5. The van der Waals surface area contributed by atoms with E-state index in [0.29, 0.717) is 17.4 Å². The van der Waals surface area contributed by atoms with Gasteiger partial charge in [-0.25, -0.2) is 0 Å². The Morgan fingerprint density at radius 2 is 1.30 bits per heavy atom. The number of phenols is 2. The number of aromatic hydroxyl groups is 2. The minimum Gasteiger partial charge on any atom is -0.508 e. The van der Waals surface area contributed by atoms with E-state index in [1.54, 1.807) is 6.07 Å². The SMILES string of the molecule is Cc1cc(C2=C(c3ccccc3)CC(c3ccc(O)c(-c4ccccc4)c3)CC2)ccc1O. The Balaban J connectivity index is 1.56. The standard InChI is InChI=1S/C31H28O2/c1-21-18-26(14-16-30(21)32)27-15-12-24(19-28(27)22-8-4-2-5-9-22)25-13-17-31(33)29(20-25)23-10-6-3-7-11-23/h2-11,13-14,16-18,20,24,32-33H,12,15,19H2,1H3. The van der Waals surface area contributed by atoms with Gasteiger partial charge in [0, 0.05) is 5.56 Å². The third kappa shape index (κ3) is 4.29. The molecule has 1 atom stereocenters. The third-order valence-corrected chi connectivity index (χ3v) is 6.80. The highest BCUT2D eigenvalue weighted by atomic mass is 16.3. The zero-order valence-corrected chi connectivity index (χ0v) is 18.8. The Morgan fingerprint density at radius 3 is 2.00 bits per heavy atom. The predicted octanol–water partition coefficient (Wildman–Crippen LogP) is 7.95. The lowest BCUT2D eigenvalue weighted by Gasteiger charge is -2.29. The lowest BCUT2D eigenvalue weighted by atomic mass is 9.75. The van der Waals surface area contributed by atoms with E-state index in [1.165, 1.54) is 27.8 Å². The summed E-state index contributed by atoms with van der Waals surface area (Å²) in [6, 6.07) is 32.7. The molecule has 4 aromatic rings. The zero-order chi connectivity index (χ0) is 22.8. The Bertz CT molecular complexity index is 1300. The van der Waals surface area contributed by atoms with Crippen LogP contribution in [0.15, 0.2) is 97.1 Å². The Morgan fingerprint density at radius 1 is 0.636 bits per heavy atom. The number of allylic oxidation sites excluding steroid dienone is 2. The Hall–Kier alpha value is -3.78. The molecule has 0 saturated carbocycles. The van der Waals surface area contributed by atoms with Gasteiger partial charge in [-0.2, -0.15) is 0 Å². The maximum atomic E-state index is 10.5. The van der Waals surface area contributed by atoms with Crippen LogP contribution in [0.25, 0.3) is 22.3 Å². The quantitative estimate of drug-likeness (QED) is 0.343. The lowest BCUT2D eigenvalue weighted by molar-refractivity contribution is 0.471. The molecular weight excluding hydrogens is 404 g/mol. The highest BCUT2D eigenvalue weighted by Crippen LogP contribution is 2.46. The van der Waals surface area contributed by atoms with Crippen molar-refractivity contribution < 1.29 is 10.2 Å². The van der Waals surface area contributed by atoms with Crippen LogP contribution in [0.5, 0.6) is 11.5 Å². The van der Waals surface area contributed by atoms with E-state index in [0.717, 1.165) is 36.0 Å². The van der Waals surface area contributed by atoms with Crippen molar-refractivity contribution in [2.45, 2.75) is 32.1 Å². The first-order chi connectivity index (χ1) is 16.1. The highest BCUT2D eigenvalue weighted by Gasteiger charge is 2.25. The number of hydrogen-bond donors (Lipinski definition) is 2. The molecule has 1 aliphatic carbocycles. The second-order valence-electron chi connectivity index (χ2n) is 8.91. The second-order valence-corrected chi connectivity index (χ2v) is 8.91. The molecule has 2 nitrogen and oxygen atoms in total. The van der Waals surface area contributed by atoms with Gasteiger partial charge in [0.2, 0.25) is 0 Å². The molecule has 0 amide bonds. The normalized spacial score (nSPS) is 16.1. The van der Waals surface area contributed by atoms with Gasteiger partial charge in [0.1, 0.15) is 11.5 Å². The molecule has 0 spiro atoms. The molecule has 1 unspecified atom stereocenters. The number of phenolic OH excluding ortho intramolecular Hbond substituents is 2. The smallest absolute Gasteiger partial charge is 0.123 e. The van der Waals surface area contributed by atoms with E-state index in [-0.39, 0.29) is 0 Å². The summed E-state index contributed by atoms with van der Waals surface area (Å²) >= 11 is 0. The van der Waals surface area contributed by atoms with Crippen molar-refractivity contribution in [1.29, 1.82) is 0 Å². The predicted molar refractivity (Wildman–Crippen MR) is 136 cm³/mol. The summed E-state index contributed by atoms with van der Waals surface area (Å²) in [6.07, 6.45) is 2.96. The molecule has 0 fully saturated rings. The summed E-state index contributed by atoms with van der Waals surface area (Å²) in [5.41, 5.74) is 9.27. The number of aryl methyl sites for hydroxylation is 1. The van der Waals surface area contributed by atoms with Crippen molar-refractivity contribution in [1.82, 2.24) is 0 Å². The molecule has 33 heavy (non-hydrogen) atoms. The van der Waals surface area contributed by atoms with Crippen LogP contribution in [0.4, 0.5) is 0 Å². The molecule has 0 radical (unpaired) electrons. The molecule has 4 aromatic carbocycles. The van der Waals surface area contributed by atoms with E-state index in [4.69, 9.17) is 0 Å². The minimum absolute atomic E-state index is 0.319. The maximum Gasteiger partial charge on any atom is 0.123 e. The lowest BCUT2D eigenvalue weighted by Crippen LogP contribution is -2.09. The summed E-state index contributed by atoms with van der Waals surface area (Å²) in [5, 5.41) is 20.5. The van der Waals surface area contributed by atoms with E-state index in [9.17, 15) is 10.2 Å². The molecule has 0 bridgehead atoms. The largest absolute Gasteiger partial charge is 0.508 e. The van der Waals surface area contributed by atoms with E-state index >= 15 is 0 Å². The van der Waals surface area contributed by atoms with Crippen LogP contribution in [-0.4, -0.2) is 10.2 Å². The molecule has 0 aliphatic heterocycles. The zero-order valence-electron chi connectivity index (χ0n) is 18.8. The molecule has 5 rings (SSSR count). The van der Waals surface area contributed by atoms with Crippen LogP contribution in [0, 0.1) is 6.92 Å². The van der Waals surface area contributed by atoms with Crippen molar-refractivity contribution in [3.63, 3.8) is 0 Å². The molecule has 0 aromatic heterocycles. The van der Waals surface area contributed by atoms with Gasteiger partial charge in [-0.15, -0.1) is 0 Å². The van der Waals surface area contributed by atoms with Crippen LogP contribution in [0.2, 0.25) is 0 Å². The van der Waals surface area contributed by atoms with Crippen LogP contribution < -0.4 is 0 Å². The molecule has 0 saturated heterocycles. The average Bonchev–Trinajstić information content (AvgIpc) is 2.87. The van der Waals surface area contributed by atoms with Crippen LogP contribution in [-0.2, 0) is 0 Å². The summed E-state index contributed by atoms with van der Waals surface area (Å²) in [6.45, 7) is 1.95. The van der Waals surface area contributed by atoms with Gasteiger partial charge < -0.3 is 10.2 Å². The van der Waals surface area contributed by atoms with Gasteiger partial charge in [-0.1, -0.05) is 72.8 Å². The monoisotopic (exact) mass is 432 g/mol. The Kier molecular flexibility index (Phi) is 5.75. The Labute approximate surface area is 195 Å². The fraction of sp³-hybridized carbons (Fsp3) is 0.161. The van der Waals surface area contributed by atoms with Crippen LogP contribution in [0.3, 0.4) is 0 Å². The summed E-state index contributed by atoms with van der Waals surface area (Å²) < 4.78 is 0. The molecule has 164 valence electrons. The highest BCUT2D eigenvalue weighted by molar-refractivity contribution is 5.92. The fourth-order valence-electron chi connectivity index (χ4n) is 4.98. The average molecular weight is 433 g/mol.